The topological polar surface area (TPSA) is 51.2 Å². The summed E-state index contributed by atoms with van der Waals surface area (Å²) in [6.45, 7) is 1.95. The fourth-order valence-electron chi connectivity index (χ4n) is 2.70. The first-order valence-electron chi connectivity index (χ1n) is 8.10. The SMILES string of the molecule is COc1cc(C(=O)NC(c2ccccc2)c2ccccn2)ccc1C. The highest BCUT2D eigenvalue weighted by Crippen LogP contribution is 2.23. The quantitative estimate of drug-likeness (QED) is 0.770. The second-order valence-electron chi connectivity index (χ2n) is 5.76. The van der Waals surface area contributed by atoms with Gasteiger partial charge in [-0.25, -0.2) is 0 Å². The molecule has 0 radical (unpaired) electrons. The summed E-state index contributed by atoms with van der Waals surface area (Å²) in [4.78, 5) is 17.2. The number of pyridine rings is 1. The van der Waals surface area contributed by atoms with Crippen LogP contribution in [0.25, 0.3) is 0 Å². The molecule has 0 saturated heterocycles. The highest BCUT2D eigenvalue weighted by Gasteiger charge is 2.19. The molecule has 0 aliphatic heterocycles. The van der Waals surface area contributed by atoms with Crippen LogP contribution < -0.4 is 10.1 Å². The lowest BCUT2D eigenvalue weighted by Crippen LogP contribution is -2.29. The van der Waals surface area contributed by atoms with Crippen LogP contribution in [0.3, 0.4) is 0 Å². The Kier molecular flexibility index (Phi) is 5.09. The first kappa shape index (κ1) is 16.7. The van der Waals surface area contributed by atoms with Crippen molar-refractivity contribution in [2.75, 3.05) is 7.11 Å². The van der Waals surface area contributed by atoms with Gasteiger partial charge in [-0.1, -0.05) is 42.5 Å². The largest absolute Gasteiger partial charge is 0.496 e. The molecule has 0 bridgehead atoms. The van der Waals surface area contributed by atoms with Crippen LogP contribution in [0.4, 0.5) is 0 Å². The molecule has 0 saturated carbocycles. The zero-order valence-corrected chi connectivity index (χ0v) is 14.3. The van der Waals surface area contributed by atoms with Gasteiger partial charge in [0.1, 0.15) is 5.75 Å². The van der Waals surface area contributed by atoms with Crippen LogP contribution in [0, 0.1) is 6.92 Å². The van der Waals surface area contributed by atoms with Crippen molar-refractivity contribution >= 4 is 5.91 Å². The van der Waals surface area contributed by atoms with E-state index in [-0.39, 0.29) is 11.9 Å². The van der Waals surface area contributed by atoms with Crippen molar-refractivity contribution in [3.8, 4) is 5.75 Å². The third kappa shape index (κ3) is 3.86. The lowest BCUT2D eigenvalue weighted by molar-refractivity contribution is 0.0942. The van der Waals surface area contributed by atoms with E-state index in [2.05, 4.69) is 10.3 Å². The van der Waals surface area contributed by atoms with Gasteiger partial charge in [0, 0.05) is 11.8 Å². The molecule has 0 aliphatic rings. The van der Waals surface area contributed by atoms with Gasteiger partial charge in [-0.3, -0.25) is 9.78 Å². The van der Waals surface area contributed by atoms with Crippen molar-refractivity contribution in [3.05, 3.63) is 95.3 Å². The molecule has 1 atom stereocenters. The van der Waals surface area contributed by atoms with Gasteiger partial charge in [-0.2, -0.15) is 0 Å². The molecule has 4 nitrogen and oxygen atoms in total. The molecule has 25 heavy (non-hydrogen) atoms. The van der Waals surface area contributed by atoms with E-state index in [1.54, 1.807) is 25.4 Å². The van der Waals surface area contributed by atoms with E-state index in [0.717, 1.165) is 16.8 Å². The molecule has 0 fully saturated rings. The van der Waals surface area contributed by atoms with Crippen LogP contribution in [0.2, 0.25) is 0 Å². The maximum absolute atomic E-state index is 12.8. The first-order valence-corrected chi connectivity index (χ1v) is 8.10. The summed E-state index contributed by atoms with van der Waals surface area (Å²) in [5, 5.41) is 3.08. The van der Waals surface area contributed by atoms with Crippen LogP contribution in [0.1, 0.15) is 33.2 Å². The smallest absolute Gasteiger partial charge is 0.252 e. The van der Waals surface area contributed by atoms with Crippen molar-refractivity contribution < 1.29 is 9.53 Å². The fourth-order valence-corrected chi connectivity index (χ4v) is 2.70. The molecule has 1 unspecified atom stereocenters. The summed E-state index contributed by atoms with van der Waals surface area (Å²) in [5.74, 6) is 0.527. The van der Waals surface area contributed by atoms with Gasteiger partial charge in [0.2, 0.25) is 0 Å². The molecule has 1 heterocycles. The van der Waals surface area contributed by atoms with E-state index in [1.165, 1.54) is 0 Å². The summed E-state index contributed by atoms with van der Waals surface area (Å²) in [5.41, 5.74) is 3.32. The van der Waals surface area contributed by atoms with Crippen LogP contribution >= 0.6 is 0 Å². The van der Waals surface area contributed by atoms with E-state index in [4.69, 9.17) is 4.74 Å². The van der Waals surface area contributed by atoms with Gasteiger partial charge in [0.05, 0.1) is 18.8 Å². The molecule has 3 aromatic rings. The molecule has 4 heteroatoms. The maximum Gasteiger partial charge on any atom is 0.252 e. The Hall–Kier alpha value is -3.14. The Morgan fingerprint density at radius 3 is 2.48 bits per heavy atom. The minimum Gasteiger partial charge on any atom is -0.496 e. The predicted octanol–water partition coefficient (Wildman–Crippen LogP) is 3.92. The number of ether oxygens (including phenoxy) is 1. The van der Waals surface area contributed by atoms with E-state index in [1.807, 2.05) is 61.5 Å². The number of hydrogen-bond donors (Lipinski definition) is 1. The number of rotatable bonds is 5. The van der Waals surface area contributed by atoms with Crippen molar-refractivity contribution in [2.24, 2.45) is 0 Å². The van der Waals surface area contributed by atoms with Gasteiger partial charge in [-0.05, 0) is 42.3 Å². The average molecular weight is 332 g/mol. The monoisotopic (exact) mass is 332 g/mol. The first-order chi connectivity index (χ1) is 12.2. The average Bonchev–Trinajstić information content (AvgIpc) is 2.67. The van der Waals surface area contributed by atoms with Crippen LogP contribution in [0.5, 0.6) is 5.75 Å². The van der Waals surface area contributed by atoms with E-state index < -0.39 is 0 Å². The fraction of sp³-hybridized carbons (Fsp3) is 0.143. The van der Waals surface area contributed by atoms with E-state index in [9.17, 15) is 4.79 Å². The van der Waals surface area contributed by atoms with Gasteiger partial charge >= 0.3 is 0 Å². The number of hydrogen-bond acceptors (Lipinski definition) is 3. The number of methoxy groups -OCH3 is 1. The van der Waals surface area contributed by atoms with Crippen LogP contribution in [-0.4, -0.2) is 18.0 Å². The molecular formula is C21H20N2O2. The predicted molar refractivity (Wildman–Crippen MR) is 97.7 cm³/mol. The normalized spacial score (nSPS) is 11.6. The summed E-state index contributed by atoms with van der Waals surface area (Å²) in [6.07, 6.45) is 1.73. The molecule has 1 amide bonds. The van der Waals surface area contributed by atoms with Gasteiger partial charge < -0.3 is 10.1 Å². The molecule has 0 spiro atoms. The number of carbonyl (C=O) groups is 1. The molecule has 3 rings (SSSR count). The van der Waals surface area contributed by atoms with Gasteiger partial charge in [0.25, 0.3) is 5.91 Å². The highest BCUT2D eigenvalue weighted by molar-refractivity contribution is 5.95. The zero-order chi connectivity index (χ0) is 17.6. The summed E-state index contributed by atoms with van der Waals surface area (Å²) in [6, 6.07) is 20.6. The number of aromatic nitrogens is 1. The van der Waals surface area contributed by atoms with Crippen molar-refractivity contribution in [1.82, 2.24) is 10.3 Å². The third-order valence-electron chi connectivity index (χ3n) is 4.06. The Morgan fingerprint density at radius 2 is 1.80 bits per heavy atom. The second-order valence-corrected chi connectivity index (χ2v) is 5.76. The van der Waals surface area contributed by atoms with Crippen molar-refractivity contribution in [3.63, 3.8) is 0 Å². The standard InChI is InChI=1S/C21H20N2O2/c1-15-11-12-17(14-19(15)25-2)21(24)23-20(16-8-4-3-5-9-16)18-10-6-7-13-22-18/h3-14,20H,1-2H3,(H,23,24). The summed E-state index contributed by atoms with van der Waals surface area (Å²) >= 11 is 0. The number of nitrogens with one attached hydrogen (secondary N) is 1. The number of nitrogens with zero attached hydrogens (tertiary/aromatic N) is 1. The van der Waals surface area contributed by atoms with E-state index in [0.29, 0.717) is 11.3 Å². The number of amides is 1. The molecule has 2 aromatic carbocycles. The third-order valence-corrected chi connectivity index (χ3v) is 4.06. The lowest BCUT2D eigenvalue weighted by atomic mass is 10.0. The zero-order valence-electron chi connectivity index (χ0n) is 14.3. The summed E-state index contributed by atoms with van der Waals surface area (Å²) in [7, 11) is 1.60. The highest BCUT2D eigenvalue weighted by atomic mass is 16.5. The molecule has 0 aliphatic carbocycles. The Balaban J connectivity index is 1.92. The van der Waals surface area contributed by atoms with Crippen LogP contribution in [-0.2, 0) is 0 Å². The molecular weight excluding hydrogens is 312 g/mol. The van der Waals surface area contributed by atoms with Crippen LogP contribution in [0.15, 0.2) is 72.9 Å². The number of benzene rings is 2. The van der Waals surface area contributed by atoms with Gasteiger partial charge in [-0.15, -0.1) is 0 Å². The maximum atomic E-state index is 12.8. The molecule has 126 valence electrons. The van der Waals surface area contributed by atoms with Crippen molar-refractivity contribution in [2.45, 2.75) is 13.0 Å². The molecule has 1 aromatic heterocycles. The molecule has 1 N–H and O–H groups in total. The Bertz CT molecular complexity index is 809. The summed E-state index contributed by atoms with van der Waals surface area (Å²) < 4.78 is 5.32. The minimum atomic E-state index is -0.317. The second kappa shape index (κ2) is 7.62. The minimum absolute atomic E-state index is 0.169. The van der Waals surface area contributed by atoms with Crippen molar-refractivity contribution in [1.29, 1.82) is 0 Å². The number of aryl methyl sites for hydroxylation is 1. The van der Waals surface area contributed by atoms with Gasteiger partial charge in [0.15, 0.2) is 0 Å². The van der Waals surface area contributed by atoms with E-state index >= 15 is 0 Å². The Labute approximate surface area is 147 Å². The number of carbonyl (C=O) groups excluding carboxylic acids is 1. The lowest BCUT2D eigenvalue weighted by Gasteiger charge is -2.19. The Morgan fingerprint density at radius 1 is 1.04 bits per heavy atom.